The van der Waals surface area contributed by atoms with Gasteiger partial charge in [-0.05, 0) is 44.9 Å². The van der Waals surface area contributed by atoms with Crippen LogP contribution in [0.5, 0.6) is 0 Å². The van der Waals surface area contributed by atoms with Gasteiger partial charge in [0.2, 0.25) is 0 Å². The molecular formula is C63H112O56S7. The van der Waals surface area contributed by atoms with Crippen molar-refractivity contribution in [1.82, 2.24) is 0 Å². The molecule has 21 rings (SSSR count). The van der Waals surface area contributed by atoms with Crippen LogP contribution < -0.4 is 0 Å². The Kier molecular flexibility index (Phi) is 42.2. The SMILES string of the molecule is O=S(=O)(O)CCCOC[C@H]1O[C@@H]2O[C@H]3[C@H](O)[C@@H](O)[C@@H](O[C@H]4[C@H](O)[C@@H](O)[C@@H](O[C@H]5[C@H](O)[C@@H](O)[C@@H](O[C@H]6[C@H](O)[C@@H](O)[C@@H](O[C@H]7[C@H](O)[C@@H](O)[C@@H](O[C@H]8[C@H](O)[C@@H](O)[C@@H](O[C@H]1[C@H](O)[C@H]2O)O[C@@H]8COCCCS(=O)(=O)O)O[C@@H]7COCCCS(=O)(=O)O)O[C@@H]6COCCCS(=O)(=O)O)O[C@@H]5COCCCS(=O)(=O)O)O[C@@H]4COCCCS(=O)(=O)O)O[C@@H]3COCCCS(=O)(=O)O. The minimum atomic E-state index is -4.65. The largest absolute Gasteiger partial charge is 0.387 e. The van der Waals surface area contributed by atoms with E-state index < -0.39 is 463 Å². The summed E-state index contributed by atoms with van der Waals surface area (Å²) in [4.78, 5) is 0. The molecule has 0 unspecified atom stereocenters. The summed E-state index contributed by atoms with van der Waals surface area (Å²) in [5, 5.41) is 170. The highest BCUT2D eigenvalue weighted by atomic mass is 32.2. The first kappa shape index (κ1) is 109. The van der Waals surface area contributed by atoms with Gasteiger partial charge in [0.15, 0.2) is 44.0 Å². The molecule has 0 saturated carbocycles. The topological polar surface area (TPSA) is 858 Å². The van der Waals surface area contributed by atoms with Crippen LogP contribution in [-0.2, 0) is 170 Å². The summed E-state index contributed by atoms with van der Waals surface area (Å²) >= 11 is 0. The Bertz CT molecular complexity index is 3400. The minimum absolute atomic E-state index is 0.459. The summed E-state index contributed by atoms with van der Waals surface area (Å²) in [6, 6.07) is 0. The molecule has 35 atom stereocenters. The number of aliphatic hydroxyl groups excluding tert-OH is 14. The van der Waals surface area contributed by atoms with Crippen LogP contribution in [0, 0.1) is 0 Å². The average molecular weight is 1990 g/mol. The monoisotopic (exact) mass is 1990 g/mol. The number of aliphatic hydroxyl groups is 14. The molecule has 0 spiro atoms. The van der Waals surface area contributed by atoms with Crippen LogP contribution in [0.2, 0.25) is 0 Å². The smallest absolute Gasteiger partial charge is 0.264 e. The van der Waals surface area contributed by atoms with Gasteiger partial charge in [0.05, 0.1) is 86.5 Å². The van der Waals surface area contributed by atoms with Gasteiger partial charge in [-0.3, -0.25) is 31.9 Å². The van der Waals surface area contributed by atoms with E-state index in [9.17, 15) is 162 Å². The zero-order valence-corrected chi connectivity index (χ0v) is 72.3. The lowest BCUT2D eigenvalue weighted by molar-refractivity contribution is -0.397. The van der Waals surface area contributed by atoms with Crippen molar-refractivity contribution in [3.8, 4) is 0 Å². The molecule has 0 aromatic carbocycles. The van der Waals surface area contributed by atoms with E-state index in [1.54, 1.807) is 0 Å². The number of hydrogen-bond acceptors (Lipinski definition) is 49. The van der Waals surface area contributed by atoms with Crippen LogP contribution in [0.1, 0.15) is 44.9 Å². The Morgan fingerprint density at radius 3 is 0.365 bits per heavy atom. The normalized spacial score (nSPS) is 39.4. The van der Waals surface area contributed by atoms with Crippen molar-refractivity contribution in [2.75, 3.05) is 133 Å². The predicted octanol–water partition coefficient (Wildman–Crippen LogP) is -13.1. The van der Waals surface area contributed by atoms with Crippen molar-refractivity contribution in [2.45, 2.75) is 260 Å². The van der Waals surface area contributed by atoms with Crippen molar-refractivity contribution in [1.29, 1.82) is 0 Å². The fourth-order valence-corrected chi connectivity index (χ4v) is 17.5. The second-order valence-electron chi connectivity index (χ2n) is 30.4. The molecule has 21 heterocycles. The molecule has 742 valence electrons. The third-order valence-electron chi connectivity index (χ3n) is 20.3. The Morgan fingerprint density at radius 2 is 0.270 bits per heavy atom. The quantitative estimate of drug-likeness (QED) is 0.0199. The Hall–Kier alpha value is -2.03. The molecule has 21 aliphatic heterocycles. The van der Waals surface area contributed by atoms with E-state index in [2.05, 4.69) is 0 Å². The van der Waals surface area contributed by atoms with Crippen LogP contribution in [0.3, 0.4) is 0 Å². The van der Waals surface area contributed by atoms with Gasteiger partial charge < -0.3 is 171 Å². The molecule has 56 nitrogen and oxygen atoms in total. The molecule has 0 aromatic heterocycles. The van der Waals surface area contributed by atoms with Gasteiger partial charge in [0.1, 0.15) is 171 Å². The van der Waals surface area contributed by atoms with Crippen molar-refractivity contribution < 1.29 is 262 Å². The Balaban J connectivity index is 1.24. The molecule has 0 radical (unpaired) electrons. The van der Waals surface area contributed by atoms with E-state index in [1.165, 1.54) is 0 Å². The summed E-state index contributed by atoms with van der Waals surface area (Å²) in [6.07, 6.45) is -83.2. The standard InChI is InChI=1S/C63H112O56S7/c64-36-43(71)57-106-29(22-99-8-1-15-120(78,79)80)50(36)113-58-44(72)37(65)52(31(107-58)24-101-10-3-17-122(84,85)86)115-60-46(74)39(67)54(33(109-60)26-103-12-5-19-124(90,91)92)117-62-48(76)41(69)56(35(111-62)28-105-14-7-21-126(96,97)98)119-63-49(77)42(70)55(34(112-63)27-104-13-6-20-125(93,94)95)118-61-47(75)40(68)53(32(110-61)25-102-11-4-18-123(87,88)89)116-59-45(73)38(66)51(114-57)30(108-59)23-100-9-2-16-121(81,82)83/h29-77H,1-28H2,(H,78,79,80)(H,81,82,83)(H,84,85,86)(H,87,88,89)(H,90,91,92)(H,93,94,95)(H,96,97,98)/t29-,30-,31-,32-,33-,34-,35-,36-,37-,38-,39-,40-,41-,42-,43-,44-,45-,46-,47-,48-,49-,50-,51-,52-,53-,54-,55-,56-,57-,58-,59-,60-,61-,62-,63-/m1/s1. The van der Waals surface area contributed by atoms with E-state index in [4.69, 9.17) is 99.5 Å². The Morgan fingerprint density at radius 1 is 0.167 bits per heavy atom. The molecule has 0 aliphatic carbocycles. The van der Waals surface area contributed by atoms with E-state index in [0.29, 0.717) is 0 Å². The molecule has 126 heavy (non-hydrogen) atoms. The van der Waals surface area contributed by atoms with Gasteiger partial charge in [-0.15, -0.1) is 0 Å². The van der Waals surface area contributed by atoms with Crippen molar-refractivity contribution >= 4 is 70.8 Å². The van der Waals surface area contributed by atoms with E-state index in [-0.39, 0.29) is 0 Å². The molecule has 0 amide bonds. The van der Waals surface area contributed by atoms with Gasteiger partial charge in [-0.2, -0.15) is 58.9 Å². The third-order valence-corrected chi connectivity index (χ3v) is 26.0. The zero-order chi connectivity index (χ0) is 93.4. The summed E-state index contributed by atoms with van der Waals surface area (Å²) in [6.45, 7) is -10.4. The van der Waals surface area contributed by atoms with E-state index >= 15 is 0 Å². The maximum Gasteiger partial charge on any atom is 0.264 e. The summed E-state index contributed by atoms with van der Waals surface area (Å²) < 4.78 is 355. The van der Waals surface area contributed by atoms with Gasteiger partial charge in [-0.25, -0.2) is 0 Å². The molecule has 21 aliphatic rings. The lowest BCUT2D eigenvalue weighted by atomic mass is 9.95. The first-order valence-electron chi connectivity index (χ1n) is 39.1. The second kappa shape index (κ2) is 48.6. The van der Waals surface area contributed by atoms with Crippen LogP contribution in [0.25, 0.3) is 0 Å². The van der Waals surface area contributed by atoms with Gasteiger partial charge in [0.25, 0.3) is 70.8 Å². The summed E-state index contributed by atoms with van der Waals surface area (Å²) in [5.41, 5.74) is 0. The highest BCUT2D eigenvalue weighted by Crippen LogP contribution is 2.40. The van der Waals surface area contributed by atoms with Crippen molar-refractivity contribution in [3.63, 3.8) is 0 Å². The molecular weight excluding hydrogens is 1880 g/mol. The van der Waals surface area contributed by atoms with Gasteiger partial charge in [-0.1, -0.05) is 0 Å². The lowest BCUT2D eigenvalue weighted by Crippen LogP contribution is -2.68. The van der Waals surface area contributed by atoms with Crippen LogP contribution >= 0.6 is 0 Å². The molecule has 21 saturated heterocycles. The minimum Gasteiger partial charge on any atom is -0.387 e. The van der Waals surface area contributed by atoms with Crippen LogP contribution in [0.4, 0.5) is 0 Å². The molecule has 0 aromatic rings. The highest BCUT2D eigenvalue weighted by Gasteiger charge is 2.60. The van der Waals surface area contributed by atoms with Crippen molar-refractivity contribution in [2.24, 2.45) is 0 Å². The fraction of sp³-hybridized carbons (Fsp3) is 1.00. The third kappa shape index (κ3) is 34.0. The van der Waals surface area contributed by atoms with E-state index in [1.807, 2.05) is 0 Å². The summed E-state index contributed by atoms with van der Waals surface area (Å²) in [7, 11) is -32.6. The van der Waals surface area contributed by atoms with Crippen LogP contribution in [0.15, 0.2) is 0 Å². The zero-order valence-electron chi connectivity index (χ0n) is 66.5. The molecule has 14 bridgehead atoms. The van der Waals surface area contributed by atoms with Gasteiger partial charge in [0, 0.05) is 46.2 Å². The first-order valence-corrected chi connectivity index (χ1v) is 50.3. The van der Waals surface area contributed by atoms with Crippen molar-refractivity contribution in [3.05, 3.63) is 0 Å². The molecule has 21 N–H and O–H groups in total. The van der Waals surface area contributed by atoms with Crippen LogP contribution in [-0.4, -0.2) is 510 Å². The Labute approximate surface area is 721 Å². The average Bonchev–Trinajstić information content (AvgIpc) is 0.784. The van der Waals surface area contributed by atoms with E-state index in [0.717, 1.165) is 0 Å². The number of ether oxygens (including phenoxy) is 21. The number of rotatable bonds is 42. The molecule has 63 heteroatoms. The maximum absolute atomic E-state index is 12.2. The first-order chi connectivity index (χ1) is 58.7. The fourth-order valence-electron chi connectivity index (χ4n) is 14.1. The second-order valence-corrected chi connectivity index (χ2v) is 41.4. The predicted molar refractivity (Wildman–Crippen MR) is 402 cm³/mol. The lowest BCUT2D eigenvalue weighted by Gasteiger charge is -2.50. The van der Waals surface area contributed by atoms with Gasteiger partial charge >= 0.3 is 0 Å². The maximum atomic E-state index is 12.2. The summed E-state index contributed by atoms with van der Waals surface area (Å²) in [5.74, 6) is -6.38. The highest BCUT2D eigenvalue weighted by molar-refractivity contribution is 7.87. The number of hydrogen-bond donors (Lipinski definition) is 21. The molecule has 21 fully saturated rings.